The molecule has 0 bridgehead atoms. The van der Waals surface area contributed by atoms with Gasteiger partial charge in [-0.05, 0) is 59.3 Å². The maximum absolute atomic E-state index is 12.3. The fourth-order valence-corrected chi connectivity index (χ4v) is 4.35. The van der Waals surface area contributed by atoms with Gasteiger partial charge in [0, 0.05) is 19.6 Å². The standard InChI is InChI=1S/C13H17BrN2OS.ClH/c14-11-2-1-10(18-11)12(17)16-7-4-13(5-8-16)3-6-15-9-13;/h1-2,15H,3-9H2;1H. The lowest BCUT2D eigenvalue weighted by Crippen LogP contribution is -2.43. The van der Waals surface area contributed by atoms with Crippen molar-refractivity contribution in [2.75, 3.05) is 26.2 Å². The highest BCUT2D eigenvalue weighted by Crippen LogP contribution is 2.37. The fourth-order valence-electron chi connectivity index (χ4n) is 2.99. The van der Waals surface area contributed by atoms with Gasteiger partial charge in [-0.2, -0.15) is 0 Å². The van der Waals surface area contributed by atoms with Crippen LogP contribution in [0.1, 0.15) is 28.9 Å². The molecule has 0 radical (unpaired) electrons. The first-order chi connectivity index (χ1) is 8.69. The topological polar surface area (TPSA) is 32.3 Å². The monoisotopic (exact) mass is 364 g/mol. The molecule has 0 saturated carbocycles. The minimum absolute atomic E-state index is 0. The summed E-state index contributed by atoms with van der Waals surface area (Å²) < 4.78 is 1.03. The molecular formula is C13H18BrClN2OS. The number of halogens is 2. The van der Waals surface area contributed by atoms with E-state index in [1.165, 1.54) is 17.8 Å². The van der Waals surface area contributed by atoms with Crippen LogP contribution in [0.3, 0.4) is 0 Å². The molecule has 0 aliphatic carbocycles. The maximum atomic E-state index is 12.3. The second kappa shape index (κ2) is 6.12. The summed E-state index contributed by atoms with van der Waals surface area (Å²) >= 11 is 4.94. The van der Waals surface area contributed by atoms with Crippen molar-refractivity contribution in [3.63, 3.8) is 0 Å². The number of rotatable bonds is 1. The molecule has 3 rings (SSSR count). The first-order valence-corrected chi connectivity index (χ1v) is 8.05. The van der Waals surface area contributed by atoms with Gasteiger partial charge in [-0.25, -0.2) is 0 Å². The van der Waals surface area contributed by atoms with E-state index in [9.17, 15) is 4.79 Å². The number of nitrogens with zero attached hydrogens (tertiary/aromatic N) is 1. The summed E-state index contributed by atoms with van der Waals surface area (Å²) in [4.78, 5) is 15.2. The first-order valence-electron chi connectivity index (χ1n) is 6.44. The van der Waals surface area contributed by atoms with Crippen LogP contribution >= 0.6 is 39.7 Å². The Bertz CT molecular complexity index is 449. The molecule has 3 nitrogen and oxygen atoms in total. The van der Waals surface area contributed by atoms with Crippen LogP contribution in [0.4, 0.5) is 0 Å². The normalized spacial score (nSPS) is 21.4. The van der Waals surface area contributed by atoms with Crippen LogP contribution < -0.4 is 5.32 Å². The van der Waals surface area contributed by atoms with Gasteiger partial charge in [0.1, 0.15) is 0 Å². The third kappa shape index (κ3) is 3.15. The smallest absolute Gasteiger partial charge is 0.263 e. The highest BCUT2D eigenvalue weighted by atomic mass is 79.9. The van der Waals surface area contributed by atoms with Gasteiger partial charge >= 0.3 is 0 Å². The van der Waals surface area contributed by atoms with Crippen LogP contribution in [0.2, 0.25) is 0 Å². The van der Waals surface area contributed by atoms with E-state index in [-0.39, 0.29) is 18.3 Å². The summed E-state index contributed by atoms with van der Waals surface area (Å²) in [6.07, 6.45) is 3.58. The fraction of sp³-hybridized carbons (Fsp3) is 0.615. The van der Waals surface area contributed by atoms with Crippen LogP contribution in [0.25, 0.3) is 0 Å². The summed E-state index contributed by atoms with van der Waals surface area (Å²) in [6.45, 7) is 4.11. The van der Waals surface area contributed by atoms with Crippen LogP contribution in [-0.2, 0) is 0 Å². The van der Waals surface area contributed by atoms with Gasteiger partial charge in [-0.3, -0.25) is 4.79 Å². The van der Waals surface area contributed by atoms with Gasteiger partial charge in [0.05, 0.1) is 8.66 Å². The molecule has 0 atom stereocenters. The van der Waals surface area contributed by atoms with Gasteiger partial charge in [-0.1, -0.05) is 0 Å². The molecule has 1 aromatic rings. The summed E-state index contributed by atoms with van der Waals surface area (Å²) in [5.41, 5.74) is 0.479. The maximum Gasteiger partial charge on any atom is 0.263 e. The van der Waals surface area contributed by atoms with E-state index < -0.39 is 0 Å². The second-order valence-electron chi connectivity index (χ2n) is 5.32. The molecule has 3 heterocycles. The zero-order valence-electron chi connectivity index (χ0n) is 10.7. The second-order valence-corrected chi connectivity index (χ2v) is 7.79. The predicted octanol–water partition coefficient (Wildman–Crippen LogP) is 3.15. The van der Waals surface area contributed by atoms with Crippen molar-refractivity contribution in [1.29, 1.82) is 0 Å². The summed E-state index contributed by atoms with van der Waals surface area (Å²) in [5, 5.41) is 3.45. The van der Waals surface area contributed by atoms with Crippen molar-refractivity contribution >= 4 is 45.6 Å². The molecule has 1 N–H and O–H groups in total. The molecular weight excluding hydrogens is 348 g/mol. The quantitative estimate of drug-likeness (QED) is 0.829. The van der Waals surface area contributed by atoms with Gasteiger partial charge in [-0.15, -0.1) is 23.7 Å². The van der Waals surface area contributed by atoms with Gasteiger partial charge in [0.25, 0.3) is 5.91 Å². The number of thiophene rings is 1. The zero-order valence-corrected chi connectivity index (χ0v) is 13.9. The number of hydrogen-bond donors (Lipinski definition) is 1. The Morgan fingerprint density at radius 3 is 2.58 bits per heavy atom. The van der Waals surface area contributed by atoms with Crippen molar-refractivity contribution in [2.45, 2.75) is 19.3 Å². The molecule has 2 aliphatic rings. The van der Waals surface area contributed by atoms with Gasteiger partial charge in [0.2, 0.25) is 0 Å². The third-order valence-corrected chi connectivity index (χ3v) is 5.84. The molecule has 1 spiro atoms. The largest absolute Gasteiger partial charge is 0.338 e. The van der Waals surface area contributed by atoms with E-state index in [1.54, 1.807) is 0 Å². The highest BCUT2D eigenvalue weighted by Gasteiger charge is 2.38. The number of carbonyl (C=O) groups excluding carboxylic acids is 1. The predicted molar refractivity (Wildman–Crippen MR) is 84.3 cm³/mol. The van der Waals surface area contributed by atoms with Crippen LogP contribution in [0, 0.1) is 5.41 Å². The van der Waals surface area contributed by atoms with E-state index in [1.807, 2.05) is 17.0 Å². The third-order valence-electron chi connectivity index (χ3n) is 4.23. The minimum Gasteiger partial charge on any atom is -0.338 e. The molecule has 2 fully saturated rings. The average molecular weight is 366 g/mol. The Balaban J connectivity index is 0.00000133. The molecule has 1 amide bonds. The molecule has 0 unspecified atom stereocenters. The van der Waals surface area contributed by atoms with Crippen molar-refractivity contribution in [2.24, 2.45) is 5.41 Å². The van der Waals surface area contributed by atoms with Crippen molar-refractivity contribution in [3.8, 4) is 0 Å². The number of amides is 1. The number of nitrogens with one attached hydrogen (secondary N) is 1. The number of hydrogen-bond acceptors (Lipinski definition) is 3. The molecule has 2 aliphatic heterocycles. The van der Waals surface area contributed by atoms with Crippen molar-refractivity contribution in [3.05, 3.63) is 20.8 Å². The van der Waals surface area contributed by atoms with Crippen LogP contribution in [0.5, 0.6) is 0 Å². The highest BCUT2D eigenvalue weighted by molar-refractivity contribution is 9.11. The number of likely N-dealkylation sites (tertiary alicyclic amines) is 1. The number of piperidine rings is 1. The number of carbonyl (C=O) groups is 1. The Hall–Kier alpha value is -0.100. The van der Waals surface area contributed by atoms with Gasteiger partial charge < -0.3 is 10.2 Å². The summed E-state index contributed by atoms with van der Waals surface area (Å²) in [5.74, 6) is 0.200. The molecule has 1 aromatic heterocycles. The van der Waals surface area contributed by atoms with E-state index in [0.717, 1.165) is 47.7 Å². The Labute approximate surface area is 132 Å². The SMILES string of the molecule is Cl.O=C(c1ccc(Br)s1)N1CCC2(CCNC2)CC1. The molecule has 19 heavy (non-hydrogen) atoms. The van der Waals surface area contributed by atoms with E-state index in [0.29, 0.717) is 5.41 Å². The minimum atomic E-state index is 0. The lowest BCUT2D eigenvalue weighted by atomic mass is 9.78. The van der Waals surface area contributed by atoms with Crippen molar-refractivity contribution in [1.82, 2.24) is 10.2 Å². The Morgan fingerprint density at radius 2 is 2.05 bits per heavy atom. The lowest BCUT2D eigenvalue weighted by Gasteiger charge is -2.38. The van der Waals surface area contributed by atoms with Crippen LogP contribution in [0.15, 0.2) is 15.9 Å². The molecule has 2 saturated heterocycles. The van der Waals surface area contributed by atoms with Gasteiger partial charge in [0.15, 0.2) is 0 Å². The van der Waals surface area contributed by atoms with Crippen molar-refractivity contribution < 1.29 is 4.79 Å². The van der Waals surface area contributed by atoms with E-state index >= 15 is 0 Å². The van der Waals surface area contributed by atoms with E-state index in [2.05, 4.69) is 21.2 Å². The van der Waals surface area contributed by atoms with E-state index in [4.69, 9.17) is 0 Å². The Kier molecular flexibility index (Phi) is 4.93. The summed E-state index contributed by atoms with van der Waals surface area (Å²) in [7, 11) is 0. The molecule has 6 heteroatoms. The lowest BCUT2D eigenvalue weighted by molar-refractivity contribution is 0.0612. The zero-order chi connectivity index (χ0) is 12.6. The average Bonchev–Trinajstić information content (AvgIpc) is 3.00. The molecule has 0 aromatic carbocycles. The van der Waals surface area contributed by atoms with Crippen LogP contribution in [-0.4, -0.2) is 37.0 Å². The summed E-state index contributed by atoms with van der Waals surface area (Å²) in [6, 6.07) is 3.86. The first kappa shape index (κ1) is 15.3. The Morgan fingerprint density at radius 1 is 1.32 bits per heavy atom. The molecule has 106 valence electrons.